The monoisotopic (exact) mass is 169 g/mol. The van der Waals surface area contributed by atoms with E-state index in [1.165, 1.54) is 25.7 Å². The summed E-state index contributed by atoms with van der Waals surface area (Å²) >= 11 is 0. The Kier molecular flexibility index (Phi) is 3.16. The van der Waals surface area contributed by atoms with Crippen LogP contribution in [-0.2, 0) is 0 Å². The highest BCUT2D eigenvalue weighted by Crippen LogP contribution is 2.40. The lowest BCUT2D eigenvalue weighted by Gasteiger charge is -2.39. The quantitative estimate of drug-likeness (QED) is 0.676. The van der Waals surface area contributed by atoms with Crippen molar-refractivity contribution in [1.82, 2.24) is 0 Å². The lowest BCUT2D eigenvalue weighted by atomic mass is 9.68. The third-order valence-corrected chi connectivity index (χ3v) is 3.55. The smallest absolute Gasteiger partial charge is 0.00231 e. The maximum Gasteiger partial charge on any atom is -0.00231 e. The molecular weight excluding hydrogens is 146 g/mol. The summed E-state index contributed by atoms with van der Waals surface area (Å²) in [5, 5.41) is 0. The molecule has 0 radical (unpaired) electrons. The molecule has 0 bridgehead atoms. The second kappa shape index (κ2) is 3.78. The first-order valence-corrected chi connectivity index (χ1v) is 5.27. The van der Waals surface area contributed by atoms with Crippen LogP contribution in [0.1, 0.15) is 46.5 Å². The van der Waals surface area contributed by atoms with E-state index in [9.17, 15) is 0 Å². The Labute approximate surface area is 76.7 Å². The van der Waals surface area contributed by atoms with Crippen molar-refractivity contribution in [1.29, 1.82) is 0 Å². The maximum absolute atomic E-state index is 5.80. The van der Waals surface area contributed by atoms with Crippen LogP contribution in [0.3, 0.4) is 0 Å². The molecule has 2 atom stereocenters. The molecule has 1 rings (SSSR count). The van der Waals surface area contributed by atoms with Gasteiger partial charge in [0.05, 0.1) is 0 Å². The van der Waals surface area contributed by atoms with Gasteiger partial charge in [0.25, 0.3) is 0 Å². The summed E-state index contributed by atoms with van der Waals surface area (Å²) in [4.78, 5) is 0. The molecule has 1 nitrogen and oxygen atoms in total. The van der Waals surface area contributed by atoms with Gasteiger partial charge in [-0.05, 0) is 36.6 Å². The normalized spacial score (nSPS) is 37.2. The highest BCUT2D eigenvalue weighted by molar-refractivity contribution is 4.84. The van der Waals surface area contributed by atoms with E-state index >= 15 is 0 Å². The van der Waals surface area contributed by atoms with E-state index in [-0.39, 0.29) is 0 Å². The number of hydrogen-bond donors (Lipinski definition) is 1. The van der Waals surface area contributed by atoms with Gasteiger partial charge in [-0.2, -0.15) is 0 Å². The zero-order chi connectivity index (χ0) is 9.19. The van der Waals surface area contributed by atoms with Crippen molar-refractivity contribution in [2.24, 2.45) is 23.0 Å². The maximum atomic E-state index is 5.80. The van der Waals surface area contributed by atoms with Crippen molar-refractivity contribution in [2.45, 2.75) is 46.5 Å². The van der Waals surface area contributed by atoms with Crippen LogP contribution in [0, 0.1) is 17.3 Å². The van der Waals surface area contributed by atoms with Gasteiger partial charge in [0.2, 0.25) is 0 Å². The van der Waals surface area contributed by atoms with Gasteiger partial charge in [-0.3, -0.25) is 0 Å². The molecule has 0 spiro atoms. The van der Waals surface area contributed by atoms with Gasteiger partial charge in [-0.1, -0.05) is 33.6 Å². The Morgan fingerprint density at radius 2 is 2.17 bits per heavy atom. The van der Waals surface area contributed by atoms with Crippen molar-refractivity contribution in [3.05, 3.63) is 0 Å². The highest BCUT2D eigenvalue weighted by Gasteiger charge is 2.31. The number of nitrogens with two attached hydrogens (primary N) is 1. The van der Waals surface area contributed by atoms with Crippen molar-refractivity contribution in [2.75, 3.05) is 6.54 Å². The molecule has 0 aromatic carbocycles. The van der Waals surface area contributed by atoms with E-state index < -0.39 is 0 Å². The number of hydrogen-bond acceptors (Lipinski definition) is 1. The van der Waals surface area contributed by atoms with Crippen LogP contribution in [0.25, 0.3) is 0 Å². The van der Waals surface area contributed by atoms with Gasteiger partial charge in [-0.25, -0.2) is 0 Å². The Balaban J connectivity index is 2.51. The van der Waals surface area contributed by atoms with E-state index in [4.69, 9.17) is 5.73 Å². The van der Waals surface area contributed by atoms with E-state index in [1.54, 1.807) is 0 Å². The minimum atomic E-state index is 0.452. The van der Waals surface area contributed by atoms with Gasteiger partial charge in [0.1, 0.15) is 0 Å². The molecule has 1 heteroatoms. The third kappa shape index (κ3) is 2.22. The Hall–Kier alpha value is -0.0400. The molecular formula is C11H23N. The van der Waals surface area contributed by atoms with Crippen LogP contribution in [0.5, 0.6) is 0 Å². The molecule has 0 saturated heterocycles. The Morgan fingerprint density at radius 1 is 1.50 bits per heavy atom. The zero-order valence-corrected chi connectivity index (χ0v) is 8.77. The second-order valence-electron chi connectivity index (χ2n) is 5.12. The lowest BCUT2D eigenvalue weighted by molar-refractivity contribution is 0.136. The Morgan fingerprint density at radius 3 is 2.67 bits per heavy atom. The van der Waals surface area contributed by atoms with Crippen LogP contribution in [-0.4, -0.2) is 6.54 Å². The van der Waals surface area contributed by atoms with Gasteiger partial charge in [0.15, 0.2) is 0 Å². The first-order chi connectivity index (χ1) is 5.57. The Bertz CT molecular complexity index is 142. The van der Waals surface area contributed by atoms with Crippen LogP contribution in [0.4, 0.5) is 0 Å². The van der Waals surface area contributed by atoms with Crippen molar-refractivity contribution in [3.63, 3.8) is 0 Å². The molecule has 1 aliphatic rings. The summed E-state index contributed by atoms with van der Waals surface area (Å²) in [6.07, 6.45) is 5.50. The van der Waals surface area contributed by atoms with Gasteiger partial charge >= 0.3 is 0 Å². The SMILES string of the molecule is CC(C)[C@H]1CCC[C@](C)(CN)C1. The summed E-state index contributed by atoms with van der Waals surface area (Å²) < 4.78 is 0. The third-order valence-electron chi connectivity index (χ3n) is 3.55. The number of rotatable bonds is 2. The van der Waals surface area contributed by atoms with E-state index in [0.717, 1.165) is 18.4 Å². The summed E-state index contributed by atoms with van der Waals surface area (Å²) in [5.74, 6) is 1.77. The standard InChI is InChI=1S/C11H23N/c1-9(2)10-5-4-6-11(3,7-10)8-12/h9-10H,4-8,12H2,1-3H3/t10-,11-/m0/s1. The van der Waals surface area contributed by atoms with Crippen molar-refractivity contribution < 1.29 is 0 Å². The molecule has 0 aromatic rings. The molecule has 1 aliphatic carbocycles. The zero-order valence-electron chi connectivity index (χ0n) is 8.77. The molecule has 2 N–H and O–H groups in total. The molecule has 1 saturated carbocycles. The fourth-order valence-electron chi connectivity index (χ4n) is 2.38. The minimum absolute atomic E-state index is 0.452. The minimum Gasteiger partial charge on any atom is -0.330 e. The molecule has 0 amide bonds. The first kappa shape index (κ1) is 10.0. The molecule has 0 unspecified atom stereocenters. The van der Waals surface area contributed by atoms with Gasteiger partial charge < -0.3 is 5.73 Å². The summed E-state index contributed by atoms with van der Waals surface area (Å²) in [7, 11) is 0. The topological polar surface area (TPSA) is 26.0 Å². The molecule has 72 valence electrons. The van der Waals surface area contributed by atoms with Crippen molar-refractivity contribution >= 4 is 0 Å². The highest BCUT2D eigenvalue weighted by atomic mass is 14.6. The lowest BCUT2D eigenvalue weighted by Crippen LogP contribution is -2.34. The molecule has 1 fully saturated rings. The van der Waals surface area contributed by atoms with Gasteiger partial charge in [-0.15, -0.1) is 0 Å². The summed E-state index contributed by atoms with van der Waals surface area (Å²) in [6, 6.07) is 0. The van der Waals surface area contributed by atoms with Crippen LogP contribution in [0.15, 0.2) is 0 Å². The molecule has 12 heavy (non-hydrogen) atoms. The van der Waals surface area contributed by atoms with Crippen LogP contribution in [0.2, 0.25) is 0 Å². The van der Waals surface area contributed by atoms with E-state index in [2.05, 4.69) is 20.8 Å². The molecule has 0 heterocycles. The summed E-state index contributed by atoms with van der Waals surface area (Å²) in [5.41, 5.74) is 6.25. The van der Waals surface area contributed by atoms with Gasteiger partial charge in [0, 0.05) is 0 Å². The molecule has 0 aliphatic heterocycles. The van der Waals surface area contributed by atoms with Crippen molar-refractivity contribution in [3.8, 4) is 0 Å². The first-order valence-electron chi connectivity index (χ1n) is 5.27. The largest absolute Gasteiger partial charge is 0.330 e. The van der Waals surface area contributed by atoms with Crippen LogP contribution >= 0.6 is 0 Å². The molecule has 0 aromatic heterocycles. The van der Waals surface area contributed by atoms with E-state index in [0.29, 0.717) is 5.41 Å². The predicted molar refractivity (Wildman–Crippen MR) is 54.0 cm³/mol. The fraction of sp³-hybridized carbons (Fsp3) is 1.00. The second-order valence-corrected chi connectivity index (χ2v) is 5.12. The average Bonchev–Trinajstić information content (AvgIpc) is 2.05. The average molecular weight is 169 g/mol. The predicted octanol–water partition coefficient (Wildman–Crippen LogP) is 2.80. The summed E-state index contributed by atoms with van der Waals surface area (Å²) in [6.45, 7) is 7.90. The fourth-order valence-corrected chi connectivity index (χ4v) is 2.38. The van der Waals surface area contributed by atoms with E-state index in [1.807, 2.05) is 0 Å². The van der Waals surface area contributed by atoms with Crippen LogP contribution < -0.4 is 5.73 Å².